The quantitative estimate of drug-likeness (QED) is 0.747. The third-order valence-electron chi connectivity index (χ3n) is 1.73. The van der Waals surface area contributed by atoms with E-state index in [0.29, 0.717) is 18.4 Å². The van der Waals surface area contributed by atoms with Crippen molar-refractivity contribution in [1.29, 1.82) is 0 Å². The molecule has 7 heteroatoms. The molecule has 0 aliphatic carbocycles. The molecule has 2 aromatic heterocycles. The van der Waals surface area contributed by atoms with Crippen LogP contribution < -0.4 is 5.32 Å². The molecule has 0 saturated heterocycles. The van der Waals surface area contributed by atoms with Crippen LogP contribution in [0.15, 0.2) is 10.9 Å². The van der Waals surface area contributed by atoms with Gasteiger partial charge in [-0.15, -0.1) is 10.2 Å². The van der Waals surface area contributed by atoms with E-state index >= 15 is 0 Å². The normalized spacial score (nSPS) is 10.4. The van der Waals surface area contributed by atoms with Crippen molar-refractivity contribution >= 4 is 6.01 Å². The first-order chi connectivity index (χ1) is 6.75. The molecule has 0 aliphatic rings. The molecule has 2 rings (SSSR count). The summed E-state index contributed by atoms with van der Waals surface area (Å²) in [5, 5.41) is 14.2. The van der Waals surface area contributed by atoms with Crippen LogP contribution in [0.2, 0.25) is 0 Å². The fourth-order valence-electron chi connectivity index (χ4n) is 0.991. The number of nitrogens with zero attached hydrogens (tertiary/aromatic N) is 5. The molecule has 1 N–H and O–H groups in total. The van der Waals surface area contributed by atoms with E-state index in [1.165, 1.54) is 0 Å². The number of nitrogens with one attached hydrogen (secondary N) is 1. The first-order valence-corrected chi connectivity index (χ1v) is 4.13. The Bertz CT molecular complexity index is 419. The molecule has 0 atom stereocenters. The lowest BCUT2D eigenvalue weighted by molar-refractivity contribution is 0.425. The summed E-state index contributed by atoms with van der Waals surface area (Å²) < 4.78 is 6.69. The summed E-state index contributed by atoms with van der Waals surface area (Å²) in [6.45, 7) is 2.27. The predicted octanol–water partition coefficient (Wildman–Crippen LogP) is 0.119. The van der Waals surface area contributed by atoms with Gasteiger partial charge in [-0.05, 0) is 6.92 Å². The fraction of sp³-hybridized carbons (Fsp3) is 0.429. The van der Waals surface area contributed by atoms with Gasteiger partial charge in [0.1, 0.15) is 6.33 Å². The van der Waals surface area contributed by atoms with Crippen molar-refractivity contribution in [1.82, 2.24) is 24.9 Å². The minimum Gasteiger partial charge on any atom is -0.330 e. The molecular formula is C7H10N6O. The van der Waals surface area contributed by atoms with Gasteiger partial charge in [-0.25, -0.2) is 0 Å². The van der Waals surface area contributed by atoms with E-state index < -0.39 is 0 Å². The summed E-state index contributed by atoms with van der Waals surface area (Å²) in [5.41, 5.74) is 0. The molecule has 0 spiro atoms. The van der Waals surface area contributed by atoms with Crippen LogP contribution >= 0.6 is 0 Å². The SMILES string of the molecule is Cc1noc(NCc2nncn2C)n1. The second-order valence-corrected chi connectivity index (χ2v) is 2.86. The lowest BCUT2D eigenvalue weighted by Crippen LogP contribution is -2.05. The van der Waals surface area contributed by atoms with Crippen molar-refractivity contribution in [3.8, 4) is 0 Å². The topological polar surface area (TPSA) is 81.7 Å². The minimum absolute atomic E-state index is 0.394. The van der Waals surface area contributed by atoms with Gasteiger partial charge in [0.2, 0.25) is 0 Å². The Kier molecular flexibility index (Phi) is 2.13. The Labute approximate surface area is 80.1 Å². The fourth-order valence-corrected chi connectivity index (χ4v) is 0.991. The number of rotatable bonds is 3. The Balaban J connectivity index is 1.98. The zero-order chi connectivity index (χ0) is 9.97. The molecule has 2 aromatic rings. The monoisotopic (exact) mass is 194 g/mol. The maximum absolute atomic E-state index is 4.87. The molecule has 2 heterocycles. The van der Waals surface area contributed by atoms with Crippen LogP contribution in [0.5, 0.6) is 0 Å². The Morgan fingerprint density at radius 1 is 1.57 bits per heavy atom. The van der Waals surface area contributed by atoms with Crippen molar-refractivity contribution in [3.05, 3.63) is 18.0 Å². The molecule has 14 heavy (non-hydrogen) atoms. The molecule has 0 amide bonds. The van der Waals surface area contributed by atoms with Crippen LogP contribution in [0.1, 0.15) is 11.6 Å². The van der Waals surface area contributed by atoms with E-state index in [-0.39, 0.29) is 0 Å². The molecule has 0 fully saturated rings. The van der Waals surface area contributed by atoms with Crippen molar-refractivity contribution in [2.24, 2.45) is 7.05 Å². The van der Waals surface area contributed by atoms with Crippen LogP contribution in [0.4, 0.5) is 6.01 Å². The highest BCUT2D eigenvalue weighted by Crippen LogP contribution is 2.03. The summed E-state index contributed by atoms with van der Waals surface area (Å²) in [6, 6.07) is 0.394. The summed E-state index contributed by atoms with van der Waals surface area (Å²) in [7, 11) is 1.87. The van der Waals surface area contributed by atoms with Crippen molar-refractivity contribution < 1.29 is 4.52 Å². The van der Waals surface area contributed by atoms with Crippen molar-refractivity contribution in [2.45, 2.75) is 13.5 Å². The zero-order valence-corrected chi connectivity index (χ0v) is 7.93. The first kappa shape index (κ1) is 8.67. The molecule has 0 aromatic carbocycles. The van der Waals surface area contributed by atoms with Gasteiger partial charge < -0.3 is 14.4 Å². The van der Waals surface area contributed by atoms with Gasteiger partial charge in [-0.3, -0.25) is 0 Å². The van der Waals surface area contributed by atoms with Gasteiger partial charge in [0, 0.05) is 7.05 Å². The largest absolute Gasteiger partial charge is 0.330 e. The maximum atomic E-state index is 4.87. The number of anilines is 1. The van der Waals surface area contributed by atoms with Gasteiger partial charge in [0.15, 0.2) is 11.6 Å². The summed E-state index contributed by atoms with van der Waals surface area (Å²) >= 11 is 0. The Morgan fingerprint density at radius 3 is 3.00 bits per heavy atom. The van der Waals surface area contributed by atoms with Crippen LogP contribution in [0, 0.1) is 6.92 Å². The number of aryl methyl sites for hydroxylation is 2. The summed E-state index contributed by atoms with van der Waals surface area (Å²) in [4.78, 5) is 3.99. The maximum Gasteiger partial charge on any atom is 0.321 e. The molecule has 0 bridgehead atoms. The van der Waals surface area contributed by atoms with Gasteiger partial charge in [-0.2, -0.15) is 4.98 Å². The van der Waals surface area contributed by atoms with Crippen molar-refractivity contribution in [3.63, 3.8) is 0 Å². The highest BCUT2D eigenvalue weighted by atomic mass is 16.5. The van der Waals surface area contributed by atoms with Gasteiger partial charge in [0.25, 0.3) is 0 Å². The van der Waals surface area contributed by atoms with Crippen molar-refractivity contribution in [2.75, 3.05) is 5.32 Å². The number of hydrogen-bond donors (Lipinski definition) is 1. The first-order valence-electron chi connectivity index (χ1n) is 4.13. The smallest absolute Gasteiger partial charge is 0.321 e. The van der Waals surface area contributed by atoms with E-state index in [1.54, 1.807) is 13.3 Å². The Morgan fingerprint density at radius 2 is 2.43 bits per heavy atom. The highest BCUT2D eigenvalue weighted by molar-refractivity contribution is 5.18. The second-order valence-electron chi connectivity index (χ2n) is 2.86. The van der Waals surface area contributed by atoms with Crippen LogP contribution in [0.3, 0.4) is 0 Å². The number of aromatic nitrogens is 5. The lowest BCUT2D eigenvalue weighted by atomic mass is 10.6. The highest BCUT2D eigenvalue weighted by Gasteiger charge is 2.04. The van der Waals surface area contributed by atoms with E-state index in [4.69, 9.17) is 4.52 Å². The van der Waals surface area contributed by atoms with E-state index in [2.05, 4.69) is 25.7 Å². The molecule has 0 radical (unpaired) electrons. The van der Waals surface area contributed by atoms with E-state index in [1.807, 2.05) is 11.6 Å². The molecule has 0 unspecified atom stereocenters. The third-order valence-corrected chi connectivity index (χ3v) is 1.73. The second kappa shape index (κ2) is 3.44. The van der Waals surface area contributed by atoms with E-state index in [9.17, 15) is 0 Å². The van der Waals surface area contributed by atoms with Gasteiger partial charge in [-0.1, -0.05) is 5.16 Å². The van der Waals surface area contributed by atoms with Crippen LogP contribution in [-0.4, -0.2) is 24.9 Å². The average molecular weight is 194 g/mol. The van der Waals surface area contributed by atoms with E-state index in [0.717, 1.165) is 5.82 Å². The standard InChI is InChI=1S/C7H10N6O/c1-5-10-7(14-12-5)8-3-6-11-9-4-13(6)2/h4H,3H2,1-2H3,(H,8,10,12). The molecule has 74 valence electrons. The average Bonchev–Trinajstić information content (AvgIpc) is 2.72. The van der Waals surface area contributed by atoms with Crippen LogP contribution in [-0.2, 0) is 13.6 Å². The number of hydrogen-bond acceptors (Lipinski definition) is 6. The van der Waals surface area contributed by atoms with Gasteiger partial charge >= 0.3 is 6.01 Å². The minimum atomic E-state index is 0.394. The summed E-state index contributed by atoms with van der Waals surface area (Å²) in [5.74, 6) is 1.41. The third kappa shape index (κ3) is 1.70. The van der Waals surface area contributed by atoms with Crippen LogP contribution in [0.25, 0.3) is 0 Å². The lowest BCUT2D eigenvalue weighted by Gasteiger charge is -1.99. The molecule has 7 nitrogen and oxygen atoms in total. The zero-order valence-electron chi connectivity index (χ0n) is 7.93. The summed E-state index contributed by atoms with van der Waals surface area (Å²) in [6.07, 6.45) is 1.63. The Hall–Kier alpha value is -1.92. The molecule has 0 aliphatic heterocycles. The molecular weight excluding hydrogens is 184 g/mol. The molecule has 0 saturated carbocycles. The van der Waals surface area contributed by atoms with Gasteiger partial charge in [0.05, 0.1) is 6.54 Å². The predicted molar refractivity (Wildman–Crippen MR) is 47.4 cm³/mol.